The predicted octanol–water partition coefficient (Wildman–Crippen LogP) is 2.20. The molecule has 1 aromatic heterocycles. The van der Waals surface area contributed by atoms with Gasteiger partial charge in [0.25, 0.3) is 0 Å². The molecule has 0 spiro atoms. The molecular formula is C13H14ClFN4. The Hall–Kier alpha value is -1.69. The van der Waals surface area contributed by atoms with E-state index in [0.717, 1.165) is 0 Å². The van der Waals surface area contributed by atoms with E-state index in [-0.39, 0.29) is 11.9 Å². The lowest BCUT2D eigenvalue weighted by atomic mass is 9.99. The zero-order valence-corrected chi connectivity index (χ0v) is 10.9. The van der Waals surface area contributed by atoms with E-state index in [1.807, 2.05) is 0 Å². The Balaban J connectivity index is 2.30. The van der Waals surface area contributed by atoms with E-state index in [0.29, 0.717) is 28.4 Å². The summed E-state index contributed by atoms with van der Waals surface area (Å²) in [6, 6.07) is 7.83. The molecule has 0 aliphatic carbocycles. The molecular weight excluding hydrogens is 267 g/mol. The van der Waals surface area contributed by atoms with E-state index >= 15 is 0 Å². The fraction of sp³-hybridized carbons (Fsp3) is 0.154. The third-order valence-electron chi connectivity index (χ3n) is 2.87. The first-order valence-electron chi connectivity index (χ1n) is 5.72. The van der Waals surface area contributed by atoms with Crippen LogP contribution in [0.15, 0.2) is 36.5 Å². The molecule has 19 heavy (non-hydrogen) atoms. The topological polar surface area (TPSA) is 77.0 Å². The van der Waals surface area contributed by atoms with Crippen molar-refractivity contribution in [2.45, 2.75) is 12.5 Å². The molecule has 4 nitrogen and oxygen atoms in total. The van der Waals surface area contributed by atoms with Crippen LogP contribution < -0.4 is 17.0 Å². The Labute approximate surface area is 115 Å². The zero-order valence-electron chi connectivity index (χ0n) is 10.1. The van der Waals surface area contributed by atoms with Crippen molar-refractivity contribution in [1.82, 2.24) is 10.4 Å². The number of nitrogen functional groups attached to an aromatic ring is 1. The molecule has 1 unspecified atom stereocenters. The summed E-state index contributed by atoms with van der Waals surface area (Å²) in [7, 11) is 0. The highest BCUT2D eigenvalue weighted by Gasteiger charge is 2.16. The summed E-state index contributed by atoms with van der Waals surface area (Å²) in [4.78, 5) is 3.97. The highest BCUT2D eigenvalue weighted by Crippen LogP contribution is 2.25. The second-order valence-corrected chi connectivity index (χ2v) is 4.58. The number of benzene rings is 1. The van der Waals surface area contributed by atoms with Crippen molar-refractivity contribution in [2.75, 3.05) is 5.73 Å². The van der Waals surface area contributed by atoms with Gasteiger partial charge in [-0.05, 0) is 24.1 Å². The van der Waals surface area contributed by atoms with Crippen molar-refractivity contribution < 1.29 is 4.39 Å². The van der Waals surface area contributed by atoms with Gasteiger partial charge in [-0.1, -0.05) is 29.8 Å². The second kappa shape index (κ2) is 5.97. The Morgan fingerprint density at radius 1 is 1.37 bits per heavy atom. The van der Waals surface area contributed by atoms with Gasteiger partial charge in [0.15, 0.2) is 0 Å². The normalized spacial score (nSPS) is 12.4. The van der Waals surface area contributed by atoms with Crippen LogP contribution in [0.3, 0.4) is 0 Å². The van der Waals surface area contributed by atoms with Crippen LogP contribution >= 0.6 is 11.6 Å². The van der Waals surface area contributed by atoms with Crippen molar-refractivity contribution in [2.24, 2.45) is 5.84 Å². The van der Waals surface area contributed by atoms with Crippen molar-refractivity contribution in [3.05, 3.63) is 58.5 Å². The summed E-state index contributed by atoms with van der Waals surface area (Å²) < 4.78 is 13.6. The maximum atomic E-state index is 13.6. The SMILES string of the molecule is NNC(Cc1ccccc1F)c1cc(Cl)cnc1N. The minimum Gasteiger partial charge on any atom is -0.383 e. The van der Waals surface area contributed by atoms with E-state index in [1.54, 1.807) is 24.3 Å². The first kappa shape index (κ1) is 13.7. The summed E-state index contributed by atoms with van der Waals surface area (Å²) >= 11 is 5.89. The summed E-state index contributed by atoms with van der Waals surface area (Å²) in [5, 5.41) is 0.456. The molecule has 1 atom stereocenters. The largest absolute Gasteiger partial charge is 0.383 e. The van der Waals surface area contributed by atoms with Gasteiger partial charge in [0, 0.05) is 11.8 Å². The molecule has 100 valence electrons. The zero-order chi connectivity index (χ0) is 13.8. The number of aromatic nitrogens is 1. The molecule has 0 saturated carbocycles. The number of hydrazine groups is 1. The van der Waals surface area contributed by atoms with Crippen LogP contribution in [0.25, 0.3) is 0 Å². The number of hydrogen-bond acceptors (Lipinski definition) is 4. The fourth-order valence-corrected chi connectivity index (χ4v) is 2.05. The number of nitrogens with one attached hydrogen (secondary N) is 1. The van der Waals surface area contributed by atoms with Gasteiger partial charge in [-0.25, -0.2) is 9.37 Å². The minimum absolute atomic E-state index is 0.281. The van der Waals surface area contributed by atoms with E-state index in [9.17, 15) is 4.39 Å². The van der Waals surface area contributed by atoms with Gasteiger partial charge >= 0.3 is 0 Å². The number of nitrogens with zero attached hydrogens (tertiary/aromatic N) is 1. The number of anilines is 1. The quantitative estimate of drug-likeness (QED) is 0.593. The van der Waals surface area contributed by atoms with Crippen LogP contribution in [0, 0.1) is 5.82 Å². The van der Waals surface area contributed by atoms with Crippen molar-refractivity contribution in [3.63, 3.8) is 0 Å². The highest BCUT2D eigenvalue weighted by atomic mass is 35.5. The van der Waals surface area contributed by atoms with Gasteiger partial charge in [0.1, 0.15) is 11.6 Å². The fourth-order valence-electron chi connectivity index (χ4n) is 1.89. The Morgan fingerprint density at radius 2 is 2.11 bits per heavy atom. The molecule has 0 amide bonds. The molecule has 2 aromatic rings. The standard InChI is InChI=1S/C13H14ClFN4/c14-9-6-10(13(16)18-7-9)12(19-17)5-8-3-1-2-4-11(8)15/h1-4,6-7,12,19H,5,17H2,(H2,16,18). The van der Waals surface area contributed by atoms with Gasteiger partial charge in [0.2, 0.25) is 0 Å². The van der Waals surface area contributed by atoms with Crippen LogP contribution in [0.5, 0.6) is 0 Å². The van der Waals surface area contributed by atoms with Gasteiger partial charge < -0.3 is 5.73 Å². The molecule has 0 fully saturated rings. The number of pyridine rings is 1. The molecule has 0 radical (unpaired) electrons. The Bertz CT molecular complexity index is 576. The minimum atomic E-state index is -0.358. The predicted molar refractivity (Wildman–Crippen MR) is 73.8 cm³/mol. The monoisotopic (exact) mass is 280 g/mol. The molecule has 0 aliphatic rings. The summed E-state index contributed by atoms with van der Waals surface area (Å²) in [5.41, 5.74) is 9.61. The van der Waals surface area contributed by atoms with Gasteiger partial charge in [0.05, 0.1) is 11.1 Å². The first-order chi connectivity index (χ1) is 9.11. The van der Waals surface area contributed by atoms with E-state index in [4.69, 9.17) is 23.2 Å². The highest BCUT2D eigenvalue weighted by molar-refractivity contribution is 6.30. The molecule has 0 bridgehead atoms. The van der Waals surface area contributed by atoms with Crippen LogP contribution in [0.4, 0.5) is 10.2 Å². The first-order valence-corrected chi connectivity index (χ1v) is 6.10. The maximum absolute atomic E-state index is 13.6. The van der Waals surface area contributed by atoms with Gasteiger partial charge in [-0.3, -0.25) is 11.3 Å². The lowest BCUT2D eigenvalue weighted by Crippen LogP contribution is -2.30. The Morgan fingerprint density at radius 3 is 2.79 bits per heavy atom. The second-order valence-electron chi connectivity index (χ2n) is 4.14. The van der Waals surface area contributed by atoms with Crippen LogP contribution in [-0.4, -0.2) is 4.98 Å². The lowest BCUT2D eigenvalue weighted by molar-refractivity contribution is 0.529. The van der Waals surface area contributed by atoms with Crippen LogP contribution in [0.1, 0.15) is 17.2 Å². The van der Waals surface area contributed by atoms with E-state index in [1.165, 1.54) is 12.3 Å². The van der Waals surface area contributed by atoms with E-state index in [2.05, 4.69) is 10.4 Å². The smallest absolute Gasteiger partial charge is 0.128 e. The van der Waals surface area contributed by atoms with Crippen LogP contribution in [-0.2, 0) is 6.42 Å². The lowest BCUT2D eigenvalue weighted by Gasteiger charge is -2.18. The molecule has 6 heteroatoms. The summed E-state index contributed by atoms with van der Waals surface area (Å²) in [6.45, 7) is 0. The Kier molecular flexibility index (Phi) is 4.31. The van der Waals surface area contributed by atoms with Crippen molar-refractivity contribution in [1.29, 1.82) is 0 Å². The average molecular weight is 281 g/mol. The van der Waals surface area contributed by atoms with Gasteiger partial charge in [-0.15, -0.1) is 0 Å². The summed E-state index contributed by atoms with van der Waals surface area (Å²) in [5.74, 6) is 5.56. The molecule has 5 N–H and O–H groups in total. The number of hydrogen-bond donors (Lipinski definition) is 3. The average Bonchev–Trinajstić information content (AvgIpc) is 2.41. The summed E-state index contributed by atoms with van der Waals surface area (Å²) in [6.07, 6.45) is 1.81. The molecule has 0 saturated heterocycles. The van der Waals surface area contributed by atoms with E-state index < -0.39 is 0 Å². The van der Waals surface area contributed by atoms with Gasteiger partial charge in [-0.2, -0.15) is 0 Å². The van der Waals surface area contributed by atoms with Crippen LogP contribution in [0.2, 0.25) is 5.02 Å². The molecule has 0 aliphatic heterocycles. The third-order valence-corrected chi connectivity index (χ3v) is 3.08. The number of rotatable bonds is 4. The number of nitrogens with two attached hydrogens (primary N) is 2. The number of halogens is 2. The molecule has 2 rings (SSSR count). The molecule has 1 heterocycles. The maximum Gasteiger partial charge on any atom is 0.128 e. The molecule has 1 aromatic carbocycles. The van der Waals surface area contributed by atoms with Crippen molar-refractivity contribution >= 4 is 17.4 Å². The van der Waals surface area contributed by atoms with Crippen molar-refractivity contribution in [3.8, 4) is 0 Å². The third kappa shape index (κ3) is 3.20.